The monoisotopic (exact) mass is 309 g/mol. The molecule has 9 heteroatoms. The molecule has 0 atom stereocenters. The van der Waals surface area contributed by atoms with Crippen molar-refractivity contribution in [3.63, 3.8) is 0 Å². The number of aromatic amines is 1. The van der Waals surface area contributed by atoms with Crippen LogP contribution < -0.4 is 17.0 Å². The van der Waals surface area contributed by atoms with E-state index in [9.17, 15) is 9.59 Å². The summed E-state index contributed by atoms with van der Waals surface area (Å²) in [6.45, 7) is 1.77. The average molecular weight is 309 g/mol. The molecular formula is C12H15N5O3S. The van der Waals surface area contributed by atoms with Crippen molar-refractivity contribution < 1.29 is 9.21 Å². The first-order valence-corrected chi connectivity index (χ1v) is 7.48. The molecule has 21 heavy (non-hydrogen) atoms. The maximum absolute atomic E-state index is 11.7. The molecule has 1 fully saturated rings. The number of nitrogens with two attached hydrogens (primary N) is 1. The van der Waals surface area contributed by atoms with Crippen molar-refractivity contribution in [1.29, 1.82) is 0 Å². The highest BCUT2D eigenvalue weighted by atomic mass is 32.2. The van der Waals surface area contributed by atoms with Crippen LogP contribution in [-0.2, 0) is 5.75 Å². The number of nitrogens with one attached hydrogen (secondary N) is 2. The van der Waals surface area contributed by atoms with Gasteiger partial charge in [-0.1, -0.05) is 11.8 Å². The van der Waals surface area contributed by atoms with E-state index in [-0.39, 0.29) is 17.5 Å². The molecule has 1 saturated carbocycles. The molecule has 1 aliphatic rings. The number of hydrazine groups is 1. The molecule has 0 spiro atoms. The van der Waals surface area contributed by atoms with Crippen molar-refractivity contribution in [2.24, 2.45) is 5.84 Å². The molecule has 3 rings (SSSR count). The van der Waals surface area contributed by atoms with Gasteiger partial charge in [-0.2, -0.15) is 0 Å². The molecule has 1 aliphatic carbocycles. The zero-order chi connectivity index (χ0) is 15.0. The van der Waals surface area contributed by atoms with Crippen LogP contribution in [-0.4, -0.2) is 20.7 Å². The number of aromatic nitrogens is 3. The molecule has 0 bridgehead atoms. The molecular weight excluding hydrogens is 294 g/mol. The molecule has 8 nitrogen and oxygen atoms in total. The maximum Gasteiger partial charge on any atom is 0.344 e. The molecule has 1 amide bonds. The van der Waals surface area contributed by atoms with Crippen molar-refractivity contribution in [2.45, 2.75) is 36.7 Å². The van der Waals surface area contributed by atoms with Crippen LogP contribution in [0, 0.1) is 6.92 Å². The zero-order valence-electron chi connectivity index (χ0n) is 11.4. The fourth-order valence-corrected chi connectivity index (χ4v) is 2.99. The molecule has 2 aromatic rings. The summed E-state index contributed by atoms with van der Waals surface area (Å²) in [6, 6.07) is 2.04. The van der Waals surface area contributed by atoms with E-state index in [0.717, 1.165) is 18.4 Å². The highest BCUT2D eigenvalue weighted by Crippen LogP contribution is 2.36. The molecule has 0 aliphatic heterocycles. The fourth-order valence-electron chi connectivity index (χ4n) is 2.09. The van der Waals surface area contributed by atoms with Crippen LogP contribution in [0.3, 0.4) is 0 Å². The summed E-state index contributed by atoms with van der Waals surface area (Å²) in [5.74, 6) is 5.95. The lowest BCUT2D eigenvalue weighted by Crippen LogP contribution is -2.30. The predicted octanol–water partition coefficient (Wildman–Crippen LogP) is 0.704. The Hall–Kier alpha value is -2.00. The van der Waals surface area contributed by atoms with E-state index < -0.39 is 5.91 Å². The van der Waals surface area contributed by atoms with Gasteiger partial charge in [0.05, 0.1) is 5.75 Å². The van der Waals surface area contributed by atoms with Gasteiger partial charge in [0.25, 0.3) is 0 Å². The summed E-state index contributed by atoms with van der Waals surface area (Å²) in [5.41, 5.74) is 2.58. The Morgan fingerprint density at radius 1 is 1.67 bits per heavy atom. The summed E-state index contributed by atoms with van der Waals surface area (Å²) in [4.78, 5) is 23.1. The highest BCUT2D eigenvalue weighted by Gasteiger charge is 2.28. The number of nitrogen functional groups attached to an aromatic ring is 1. The van der Waals surface area contributed by atoms with Gasteiger partial charge in [-0.15, -0.1) is 5.10 Å². The summed E-state index contributed by atoms with van der Waals surface area (Å²) in [6.07, 6.45) is 2.02. The SMILES string of the molecule is Cc1cc(CSc2n[nH]c(=O)n2C2CC2)oc1C(=O)NN. The number of amides is 1. The minimum Gasteiger partial charge on any atom is -0.455 e. The first-order valence-electron chi connectivity index (χ1n) is 6.50. The number of nitrogens with zero attached hydrogens (tertiary/aromatic N) is 2. The average Bonchev–Trinajstić information content (AvgIpc) is 3.14. The van der Waals surface area contributed by atoms with Crippen molar-refractivity contribution in [3.05, 3.63) is 33.6 Å². The summed E-state index contributed by atoms with van der Waals surface area (Å²) in [7, 11) is 0. The third-order valence-corrected chi connectivity index (χ3v) is 4.21. The number of thioether (sulfide) groups is 1. The van der Waals surface area contributed by atoms with E-state index in [1.165, 1.54) is 11.8 Å². The third kappa shape index (κ3) is 2.74. The number of hydrogen-bond donors (Lipinski definition) is 3. The lowest BCUT2D eigenvalue weighted by molar-refractivity contribution is 0.0923. The van der Waals surface area contributed by atoms with Crippen LogP contribution in [0.2, 0.25) is 0 Å². The lowest BCUT2D eigenvalue weighted by atomic mass is 10.2. The largest absolute Gasteiger partial charge is 0.455 e. The fraction of sp³-hybridized carbons (Fsp3) is 0.417. The molecule has 0 saturated heterocycles. The van der Waals surface area contributed by atoms with Crippen LogP contribution in [0.1, 0.15) is 40.8 Å². The molecule has 4 N–H and O–H groups in total. The van der Waals surface area contributed by atoms with Gasteiger partial charge in [0.15, 0.2) is 10.9 Å². The first kappa shape index (κ1) is 14.0. The van der Waals surface area contributed by atoms with Gasteiger partial charge < -0.3 is 4.42 Å². The molecule has 0 radical (unpaired) electrons. The normalized spacial score (nSPS) is 14.4. The van der Waals surface area contributed by atoms with E-state index in [2.05, 4.69) is 10.2 Å². The minimum atomic E-state index is -0.460. The number of furan rings is 1. The van der Waals surface area contributed by atoms with Gasteiger partial charge in [0, 0.05) is 11.6 Å². The summed E-state index contributed by atoms with van der Waals surface area (Å²) >= 11 is 1.39. The quantitative estimate of drug-likeness (QED) is 0.324. The highest BCUT2D eigenvalue weighted by molar-refractivity contribution is 7.98. The Labute approximate surface area is 124 Å². The zero-order valence-corrected chi connectivity index (χ0v) is 12.2. The second kappa shape index (κ2) is 5.41. The standard InChI is InChI=1S/C12H15N5O3S/c1-6-4-8(20-9(6)10(18)14-13)5-21-12-16-15-11(19)17(12)7-2-3-7/h4,7H,2-3,5,13H2,1H3,(H,14,18)(H,15,19). The van der Waals surface area contributed by atoms with Gasteiger partial charge in [0.1, 0.15) is 5.76 Å². The third-order valence-electron chi connectivity index (χ3n) is 3.23. The van der Waals surface area contributed by atoms with Gasteiger partial charge in [-0.25, -0.2) is 15.7 Å². The van der Waals surface area contributed by atoms with Gasteiger partial charge in [-0.05, 0) is 25.8 Å². The van der Waals surface area contributed by atoms with Crippen LogP contribution in [0.4, 0.5) is 0 Å². The summed E-state index contributed by atoms with van der Waals surface area (Å²) < 4.78 is 7.15. The number of hydrogen-bond acceptors (Lipinski definition) is 6. The second-order valence-electron chi connectivity index (χ2n) is 4.90. The number of carbonyl (C=O) groups excluding carboxylic acids is 1. The van der Waals surface area contributed by atoms with E-state index in [1.54, 1.807) is 17.6 Å². The van der Waals surface area contributed by atoms with Gasteiger partial charge in [-0.3, -0.25) is 14.8 Å². The Morgan fingerprint density at radius 2 is 2.43 bits per heavy atom. The number of carbonyl (C=O) groups is 1. The first-order chi connectivity index (χ1) is 10.1. The summed E-state index contributed by atoms with van der Waals surface area (Å²) in [5, 5.41) is 7.12. The van der Waals surface area contributed by atoms with Crippen LogP contribution in [0.5, 0.6) is 0 Å². The number of aryl methyl sites for hydroxylation is 1. The molecule has 2 heterocycles. The molecule has 0 aromatic carbocycles. The Kier molecular flexibility index (Phi) is 3.60. The van der Waals surface area contributed by atoms with Crippen molar-refractivity contribution in [1.82, 2.24) is 20.2 Å². The minimum absolute atomic E-state index is 0.182. The topological polar surface area (TPSA) is 119 Å². The number of rotatable bonds is 5. The van der Waals surface area contributed by atoms with Crippen molar-refractivity contribution in [2.75, 3.05) is 0 Å². The van der Waals surface area contributed by atoms with E-state index >= 15 is 0 Å². The van der Waals surface area contributed by atoms with Gasteiger partial charge in [0.2, 0.25) is 0 Å². The van der Waals surface area contributed by atoms with E-state index in [4.69, 9.17) is 10.3 Å². The van der Waals surface area contributed by atoms with E-state index in [0.29, 0.717) is 16.7 Å². The van der Waals surface area contributed by atoms with E-state index in [1.807, 2.05) is 5.43 Å². The van der Waals surface area contributed by atoms with Crippen LogP contribution >= 0.6 is 11.8 Å². The second-order valence-corrected chi connectivity index (χ2v) is 5.84. The molecule has 0 unspecified atom stereocenters. The smallest absolute Gasteiger partial charge is 0.344 e. The van der Waals surface area contributed by atoms with Crippen molar-refractivity contribution in [3.8, 4) is 0 Å². The van der Waals surface area contributed by atoms with Crippen LogP contribution in [0.25, 0.3) is 0 Å². The number of H-pyrrole nitrogens is 1. The molecule has 112 valence electrons. The lowest BCUT2D eigenvalue weighted by Gasteiger charge is -2.01. The molecule has 2 aromatic heterocycles. The Balaban J connectivity index is 1.73. The Bertz CT molecular complexity index is 728. The van der Waals surface area contributed by atoms with Crippen LogP contribution in [0.15, 0.2) is 20.4 Å². The van der Waals surface area contributed by atoms with Crippen molar-refractivity contribution >= 4 is 17.7 Å². The predicted molar refractivity (Wildman–Crippen MR) is 75.8 cm³/mol. The maximum atomic E-state index is 11.7. The van der Waals surface area contributed by atoms with Gasteiger partial charge >= 0.3 is 11.6 Å². The Morgan fingerprint density at radius 3 is 3.10 bits per heavy atom.